The zero-order valence-electron chi connectivity index (χ0n) is 8.37. The molecule has 1 aromatic heterocycles. The van der Waals surface area contributed by atoms with Gasteiger partial charge in [-0.05, 0) is 23.8 Å². The maximum absolute atomic E-state index is 5.89. The van der Waals surface area contributed by atoms with Crippen molar-refractivity contribution in [3.63, 3.8) is 0 Å². The molecular weight excluding hydrogens is 247 g/mol. The number of nitrogens with one attached hydrogen (secondary N) is 2. The highest BCUT2D eigenvalue weighted by Gasteiger charge is 1.99. The molecule has 1 aromatic carbocycles. The summed E-state index contributed by atoms with van der Waals surface area (Å²) in [6.07, 6.45) is 1.48. The molecule has 0 saturated heterocycles. The molecule has 0 amide bonds. The first kappa shape index (κ1) is 11.4. The molecule has 0 saturated carbocycles. The Morgan fingerprint density at radius 2 is 1.88 bits per heavy atom. The first-order valence-electron chi connectivity index (χ1n) is 4.74. The molecule has 0 radical (unpaired) electrons. The first-order chi connectivity index (χ1) is 7.74. The Kier molecular flexibility index (Phi) is 3.77. The van der Waals surface area contributed by atoms with Crippen molar-refractivity contribution in [3.8, 4) is 0 Å². The van der Waals surface area contributed by atoms with Crippen LogP contribution in [0.25, 0.3) is 0 Å². The topological polar surface area (TPSA) is 53.6 Å². The Hall–Kier alpha value is -1.10. The van der Waals surface area contributed by atoms with Crippen molar-refractivity contribution in [1.29, 1.82) is 0 Å². The van der Waals surface area contributed by atoms with Gasteiger partial charge in [-0.15, -0.1) is 0 Å². The second kappa shape index (κ2) is 5.30. The van der Waals surface area contributed by atoms with E-state index in [9.17, 15) is 0 Å². The van der Waals surface area contributed by atoms with Gasteiger partial charge in [0.2, 0.25) is 0 Å². The summed E-state index contributed by atoms with van der Waals surface area (Å²) in [4.78, 5) is 4.00. The molecule has 0 atom stereocenters. The summed E-state index contributed by atoms with van der Waals surface area (Å²) in [5.74, 6) is 0.799. The molecule has 2 aromatic rings. The minimum atomic E-state index is 0.629. The van der Waals surface area contributed by atoms with Gasteiger partial charge >= 0.3 is 0 Å². The maximum atomic E-state index is 5.89. The van der Waals surface area contributed by atoms with Crippen molar-refractivity contribution >= 4 is 23.2 Å². The number of halogens is 2. The van der Waals surface area contributed by atoms with E-state index in [2.05, 4.69) is 20.5 Å². The predicted octanol–water partition coefficient (Wildman–Crippen LogP) is 2.40. The minimum absolute atomic E-state index is 0.629. The van der Waals surface area contributed by atoms with Crippen molar-refractivity contribution in [2.45, 2.75) is 13.1 Å². The Morgan fingerprint density at radius 1 is 1.12 bits per heavy atom. The van der Waals surface area contributed by atoms with Crippen molar-refractivity contribution < 1.29 is 0 Å². The van der Waals surface area contributed by atoms with Gasteiger partial charge in [-0.25, -0.2) is 4.98 Å². The van der Waals surface area contributed by atoms with Crippen LogP contribution >= 0.6 is 23.2 Å². The van der Waals surface area contributed by atoms with Crippen LogP contribution in [-0.4, -0.2) is 15.2 Å². The van der Waals surface area contributed by atoms with Crippen LogP contribution in [0.2, 0.25) is 10.0 Å². The molecular formula is C10H10Cl2N4. The highest BCUT2D eigenvalue weighted by molar-refractivity contribution is 6.34. The molecule has 16 heavy (non-hydrogen) atoms. The lowest BCUT2D eigenvalue weighted by Crippen LogP contribution is -2.13. The number of rotatable bonds is 4. The van der Waals surface area contributed by atoms with Gasteiger partial charge in [0, 0.05) is 16.6 Å². The quantitative estimate of drug-likeness (QED) is 0.884. The SMILES string of the molecule is Clc1cc(Cl)cc(CNCc2ncn[nH]2)c1. The van der Waals surface area contributed by atoms with E-state index < -0.39 is 0 Å². The lowest BCUT2D eigenvalue weighted by Gasteiger charge is -2.04. The van der Waals surface area contributed by atoms with E-state index in [4.69, 9.17) is 23.2 Å². The van der Waals surface area contributed by atoms with E-state index in [0.29, 0.717) is 23.1 Å². The van der Waals surface area contributed by atoms with Crippen LogP contribution in [0.5, 0.6) is 0 Å². The summed E-state index contributed by atoms with van der Waals surface area (Å²) in [6, 6.07) is 5.46. The van der Waals surface area contributed by atoms with E-state index in [0.717, 1.165) is 11.4 Å². The third kappa shape index (κ3) is 3.20. The molecule has 6 heteroatoms. The Balaban J connectivity index is 1.89. The second-order valence-electron chi connectivity index (χ2n) is 3.31. The van der Waals surface area contributed by atoms with Crippen LogP contribution in [-0.2, 0) is 13.1 Å². The van der Waals surface area contributed by atoms with E-state index in [-0.39, 0.29) is 0 Å². The van der Waals surface area contributed by atoms with Gasteiger partial charge in [0.05, 0.1) is 6.54 Å². The molecule has 2 rings (SSSR count). The molecule has 84 valence electrons. The number of aromatic nitrogens is 3. The summed E-state index contributed by atoms with van der Waals surface area (Å²) in [7, 11) is 0. The fourth-order valence-corrected chi connectivity index (χ4v) is 1.93. The summed E-state index contributed by atoms with van der Waals surface area (Å²) >= 11 is 11.8. The molecule has 0 unspecified atom stereocenters. The monoisotopic (exact) mass is 256 g/mol. The lowest BCUT2D eigenvalue weighted by atomic mass is 10.2. The summed E-state index contributed by atoms with van der Waals surface area (Å²) in [5, 5.41) is 11.0. The Bertz CT molecular complexity index is 436. The largest absolute Gasteiger partial charge is 0.306 e. The normalized spacial score (nSPS) is 10.6. The molecule has 0 fully saturated rings. The summed E-state index contributed by atoms with van der Waals surface area (Å²) in [5.41, 5.74) is 1.04. The van der Waals surface area contributed by atoms with Crippen molar-refractivity contribution in [2.75, 3.05) is 0 Å². The van der Waals surface area contributed by atoms with Crippen LogP contribution in [0.1, 0.15) is 11.4 Å². The Morgan fingerprint density at radius 3 is 2.50 bits per heavy atom. The van der Waals surface area contributed by atoms with Crippen LogP contribution in [0, 0.1) is 0 Å². The average molecular weight is 257 g/mol. The number of hydrogen-bond donors (Lipinski definition) is 2. The molecule has 0 aliphatic carbocycles. The van der Waals surface area contributed by atoms with E-state index >= 15 is 0 Å². The highest BCUT2D eigenvalue weighted by atomic mass is 35.5. The fourth-order valence-electron chi connectivity index (χ4n) is 1.35. The molecule has 0 aliphatic rings. The minimum Gasteiger partial charge on any atom is -0.306 e. The first-order valence-corrected chi connectivity index (χ1v) is 5.49. The average Bonchev–Trinajstić information content (AvgIpc) is 2.69. The fraction of sp³-hybridized carbons (Fsp3) is 0.200. The highest BCUT2D eigenvalue weighted by Crippen LogP contribution is 2.18. The lowest BCUT2D eigenvalue weighted by molar-refractivity contribution is 0.665. The van der Waals surface area contributed by atoms with E-state index in [1.807, 2.05) is 12.1 Å². The molecule has 2 N–H and O–H groups in total. The summed E-state index contributed by atoms with van der Waals surface area (Å²) < 4.78 is 0. The molecule has 0 bridgehead atoms. The molecule has 0 spiro atoms. The number of benzene rings is 1. The molecule has 1 heterocycles. The maximum Gasteiger partial charge on any atom is 0.138 e. The van der Waals surface area contributed by atoms with Gasteiger partial charge < -0.3 is 5.32 Å². The standard InChI is InChI=1S/C10H10Cl2N4/c11-8-1-7(2-9(12)3-8)4-13-5-10-14-6-15-16-10/h1-3,6,13H,4-5H2,(H,14,15,16). The van der Waals surface area contributed by atoms with Gasteiger partial charge in [0.15, 0.2) is 0 Å². The molecule has 0 aliphatic heterocycles. The zero-order valence-corrected chi connectivity index (χ0v) is 9.89. The third-order valence-electron chi connectivity index (χ3n) is 2.01. The van der Waals surface area contributed by atoms with Crippen molar-refractivity contribution in [3.05, 3.63) is 46.0 Å². The van der Waals surface area contributed by atoms with Crippen LogP contribution in [0.4, 0.5) is 0 Å². The number of hydrogen-bond acceptors (Lipinski definition) is 3. The third-order valence-corrected chi connectivity index (χ3v) is 2.45. The van der Waals surface area contributed by atoms with Crippen molar-refractivity contribution in [2.24, 2.45) is 0 Å². The van der Waals surface area contributed by atoms with Crippen LogP contribution in [0.3, 0.4) is 0 Å². The Labute approximate surface area is 103 Å². The van der Waals surface area contributed by atoms with Crippen molar-refractivity contribution in [1.82, 2.24) is 20.5 Å². The van der Waals surface area contributed by atoms with Crippen LogP contribution < -0.4 is 5.32 Å². The smallest absolute Gasteiger partial charge is 0.138 e. The zero-order chi connectivity index (χ0) is 11.4. The predicted molar refractivity (Wildman–Crippen MR) is 63.4 cm³/mol. The van der Waals surface area contributed by atoms with E-state index in [1.54, 1.807) is 6.07 Å². The van der Waals surface area contributed by atoms with Crippen LogP contribution in [0.15, 0.2) is 24.5 Å². The molecule has 4 nitrogen and oxygen atoms in total. The number of H-pyrrole nitrogens is 1. The number of aromatic amines is 1. The second-order valence-corrected chi connectivity index (χ2v) is 4.19. The number of nitrogens with zero attached hydrogens (tertiary/aromatic N) is 2. The van der Waals surface area contributed by atoms with E-state index in [1.165, 1.54) is 6.33 Å². The van der Waals surface area contributed by atoms with Gasteiger partial charge in [0.1, 0.15) is 12.2 Å². The van der Waals surface area contributed by atoms with Gasteiger partial charge in [-0.1, -0.05) is 23.2 Å². The van der Waals surface area contributed by atoms with Gasteiger partial charge in [0.25, 0.3) is 0 Å². The summed E-state index contributed by atoms with van der Waals surface area (Å²) in [6.45, 7) is 1.31. The van der Waals surface area contributed by atoms with Gasteiger partial charge in [-0.2, -0.15) is 5.10 Å². The van der Waals surface area contributed by atoms with Gasteiger partial charge in [-0.3, -0.25) is 5.10 Å².